The van der Waals surface area contributed by atoms with Crippen molar-refractivity contribution in [3.8, 4) is 22.1 Å². The number of nitrogens with zero attached hydrogens (tertiary/aromatic N) is 2. The molecule has 0 saturated carbocycles. The van der Waals surface area contributed by atoms with Gasteiger partial charge in [0.25, 0.3) is 0 Å². The van der Waals surface area contributed by atoms with Crippen molar-refractivity contribution in [1.82, 2.24) is 10.2 Å². The number of benzene rings is 2. The number of para-hydroxylation sites is 1. The van der Waals surface area contributed by atoms with E-state index in [-0.39, 0.29) is 36.1 Å². The summed E-state index contributed by atoms with van der Waals surface area (Å²) in [6.45, 7) is 0.135. The Labute approximate surface area is 192 Å². The minimum absolute atomic E-state index is 0.0390. The monoisotopic (exact) mass is 483 g/mol. The zero-order valence-electron chi connectivity index (χ0n) is 17.8. The van der Waals surface area contributed by atoms with Gasteiger partial charge in [-0.3, -0.25) is 0 Å². The van der Waals surface area contributed by atoms with Crippen molar-refractivity contribution < 1.29 is 32.5 Å². The van der Waals surface area contributed by atoms with Gasteiger partial charge >= 0.3 is 6.18 Å². The van der Waals surface area contributed by atoms with Gasteiger partial charge in [0.05, 0.1) is 38.5 Å². The van der Waals surface area contributed by atoms with Crippen molar-refractivity contribution in [2.24, 2.45) is 5.73 Å². The van der Waals surface area contributed by atoms with Gasteiger partial charge in [0.1, 0.15) is 28.1 Å². The van der Waals surface area contributed by atoms with Crippen molar-refractivity contribution >= 4 is 11.3 Å². The van der Waals surface area contributed by atoms with Crippen LogP contribution in [-0.2, 0) is 17.3 Å². The molecule has 11 heteroatoms. The van der Waals surface area contributed by atoms with Gasteiger partial charge in [-0.2, -0.15) is 13.2 Å². The second kappa shape index (κ2) is 11.4. The maximum atomic E-state index is 13.6. The summed E-state index contributed by atoms with van der Waals surface area (Å²) in [5, 5.41) is 17.4. The average Bonchev–Trinajstić information content (AvgIpc) is 3.30. The van der Waals surface area contributed by atoms with Crippen LogP contribution in [0.25, 0.3) is 10.6 Å². The third-order valence-corrected chi connectivity index (χ3v) is 5.78. The zero-order valence-corrected chi connectivity index (χ0v) is 18.7. The van der Waals surface area contributed by atoms with Crippen LogP contribution < -0.4 is 15.2 Å². The Morgan fingerprint density at radius 1 is 1.06 bits per heavy atom. The molecule has 1 aromatic heterocycles. The molecule has 1 heterocycles. The molecular formula is C22H24F3N3O4S. The van der Waals surface area contributed by atoms with Crippen LogP contribution >= 0.6 is 11.3 Å². The molecule has 33 heavy (non-hydrogen) atoms. The lowest BCUT2D eigenvalue weighted by Gasteiger charge is -2.15. The van der Waals surface area contributed by atoms with E-state index in [1.807, 2.05) is 24.3 Å². The molecule has 1 unspecified atom stereocenters. The fraction of sp³-hybridized carbons (Fsp3) is 0.364. The highest BCUT2D eigenvalue weighted by atomic mass is 32.1. The number of aromatic nitrogens is 2. The van der Waals surface area contributed by atoms with Gasteiger partial charge in [-0.15, -0.1) is 10.2 Å². The molecule has 0 aliphatic carbocycles. The van der Waals surface area contributed by atoms with Crippen molar-refractivity contribution in [3.63, 3.8) is 0 Å². The van der Waals surface area contributed by atoms with Crippen molar-refractivity contribution in [2.75, 3.05) is 33.5 Å². The number of hydrogen-bond donors (Lipinski definition) is 2. The molecule has 0 bridgehead atoms. The molecule has 0 spiro atoms. The maximum absolute atomic E-state index is 13.6. The Hall–Kier alpha value is -2.73. The molecule has 3 aromatic rings. The molecule has 0 aliphatic heterocycles. The number of alkyl halides is 3. The van der Waals surface area contributed by atoms with Gasteiger partial charge in [0.2, 0.25) is 0 Å². The fourth-order valence-corrected chi connectivity index (χ4v) is 3.83. The topological polar surface area (TPSA) is 99.7 Å². The van der Waals surface area contributed by atoms with E-state index in [1.165, 1.54) is 12.1 Å². The smallest absolute Gasteiger partial charge is 0.419 e. The normalized spacial score (nSPS) is 12.5. The number of nitrogens with two attached hydrogens (primary N) is 1. The van der Waals surface area contributed by atoms with Crippen LogP contribution in [0.4, 0.5) is 13.2 Å². The summed E-state index contributed by atoms with van der Waals surface area (Å²) in [7, 11) is 1.59. The summed E-state index contributed by atoms with van der Waals surface area (Å²) in [4.78, 5) is 0. The largest absolute Gasteiger partial charge is 0.496 e. The van der Waals surface area contributed by atoms with E-state index in [0.717, 1.165) is 28.7 Å². The lowest BCUT2D eigenvalue weighted by molar-refractivity contribution is -0.139. The second-order valence-corrected chi connectivity index (χ2v) is 7.97. The number of hydrogen-bond acceptors (Lipinski definition) is 8. The van der Waals surface area contributed by atoms with E-state index in [1.54, 1.807) is 7.11 Å². The van der Waals surface area contributed by atoms with E-state index in [4.69, 9.17) is 25.1 Å². The van der Waals surface area contributed by atoms with Crippen LogP contribution in [0.3, 0.4) is 0 Å². The van der Waals surface area contributed by atoms with Crippen molar-refractivity contribution in [2.45, 2.75) is 18.6 Å². The van der Waals surface area contributed by atoms with Crippen LogP contribution in [0.2, 0.25) is 0 Å². The molecule has 0 aliphatic rings. The molecule has 0 saturated heterocycles. The first-order chi connectivity index (χ1) is 15.8. The van der Waals surface area contributed by atoms with E-state index in [2.05, 4.69) is 10.2 Å². The predicted molar refractivity (Wildman–Crippen MR) is 117 cm³/mol. The number of aliphatic hydroxyl groups is 1. The molecule has 0 radical (unpaired) electrons. The highest BCUT2D eigenvalue weighted by Crippen LogP contribution is 2.39. The minimum Gasteiger partial charge on any atom is -0.496 e. The van der Waals surface area contributed by atoms with Gasteiger partial charge in [-0.05, 0) is 36.2 Å². The molecule has 178 valence electrons. The zero-order chi connectivity index (χ0) is 23.8. The average molecular weight is 484 g/mol. The molecule has 2 aromatic carbocycles. The highest BCUT2D eigenvalue weighted by molar-refractivity contribution is 7.14. The third-order valence-electron chi connectivity index (χ3n) is 4.68. The van der Waals surface area contributed by atoms with Crippen LogP contribution in [0, 0.1) is 0 Å². The molecule has 0 amide bonds. The van der Waals surface area contributed by atoms with Crippen molar-refractivity contribution in [1.29, 1.82) is 0 Å². The van der Waals surface area contributed by atoms with E-state index in [9.17, 15) is 13.2 Å². The Morgan fingerprint density at radius 3 is 2.58 bits per heavy atom. The Balaban J connectivity index is 1.59. The lowest BCUT2D eigenvalue weighted by atomic mass is 10.1. The van der Waals surface area contributed by atoms with Gasteiger partial charge in [0, 0.05) is 5.56 Å². The lowest BCUT2D eigenvalue weighted by Crippen LogP contribution is -2.13. The molecule has 0 fully saturated rings. The first-order valence-corrected chi connectivity index (χ1v) is 10.9. The summed E-state index contributed by atoms with van der Waals surface area (Å²) in [5.74, 6) is 0.463. The summed E-state index contributed by atoms with van der Waals surface area (Å²) in [6.07, 6.45) is -4.01. The number of methoxy groups -OCH3 is 1. The van der Waals surface area contributed by atoms with Gasteiger partial charge in [0.15, 0.2) is 0 Å². The third kappa shape index (κ3) is 6.64. The molecule has 3 rings (SSSR count). The molecule has 1 atom stereocenters. The Morgan fingerprint density at radius 2 is 1.85 bits per heavy atom. The molecule has 3 N–H and O–H groups in total. The summed E-state index contributed by atoms with van der Waals surface area (Å²) in [6, 6.07) is 10.5. The summed E-state index contributed by atoms with van der Waals surface area (Å²) >= 11 is 1.03. The second-order valence-electron chi connectivity index (χ2n) is 6.97. The van der Waals surface area contributed by atoms with Crippen molar-refractivity contribution in [3.05, 3.63) is 58.6 Å². The predicted octanol–water partition coefficient (Wildman–Crippen LogP) is 3.86. The quantitative estimate of drug-likeness (QED) is 0.400. The first-order valence-electron chi connectivity index (χ1n) is 10.1. The van der Waals surface area contributed by atoms with Gasteiger partial charge in [-0.25, -0.2) is 0 Å². The number of halogens is 3. The Kier molecular flexibility index (Phi) is 8.61. The van der Waals surface area contributed by atoms with E-state index >= 15 is 0 Å². The van der Waals surface area contributed by atoms with Gasteiger partial charge < -0.3 is 25.1 Å². The minimum atomic E-state index is -4.62. The standard InChI is InChI=1S/C22H24F3N3O4S/c1-30-18-5-3-2-4-14(18)8-9-31-10-11-32-19-7-6-15(12-16(19)22(23,24)25)20-27-28-21(33-20)17(26)13-29/h2-7,12,17,29H,8-11,13,26H2,1H3. The van der Waals surface area contributed by atoms with E-state index in [0.29, 0.717) is 18.0 Å². The van der Waals surface area contributed by atoms with Gasteiger partial charge in [-0.1, -0.05) is 29.5 Å². The number of ether oxygens (including phenoxy) is 3. The highest BCUT2D eigenvalue weighted by Gasteiger charge is 2.35. The van der Waals surface area contributed by atoms with Crippen LogP contribution in [0.5, 0.6) is 11.5 Å². The van der Waals surface area contributed by atoms with Crippen LogP contribution in [-0.4, -0.2) is 48.8 Å². The fourth-order valence-electron chi connectivity index (χ4n) is 2.99. The summed E-state index contributed by atoms with van der Waals surface area (Å²) in [5.41, 5.74) is 5.98. The van der Waals surface area contributed by atoms with E-state index < -0.39 is 17.8 Å². The maximum Gasteiger partial charge on any atom is 0.419 e. The Bertz CT molecular complexity index is 1050. The first kappa shape index (κ1) is 24.9. The number of rotatable bonds is 11. The molecule has 7 nitrogen and oxygen atoms in total. The van der Waals surface area contributed by atoms with Crippen LogP contribution in [0.15, 0.2) is 42.5 Å². The number of aliphatic hydroxyl groups excluding tert-OH is 1. The van der Waals surface area contributed by atoms with Crippen LogP contribution in [0.1, 0.15) is 22.2 Å². The SMILES string of the molecule is COc1ccccc1CCOCCOc1ccc(-c2nnc(C(N)CO)s2)cc1C(F)(F)F. The summed E-state index contributed by atoms with van der Waals surface area (Å²) < 4.78 is 57.0. The molecular weight excluding hydrogens is 459 g/mol.